The van der Waals surface area contributed by atoms with Crippen LogP contribution in [-0.4, -0.2) is 56.9 Å². The Morgan fingerprint density at radius 2 is 2.17 bits per heavy atom. The number of aliphatic imine (C=N–C) groups is 1. The summed E-state index contributed by atoms with van der Waals surface area (Å²) in [6.07, 6.45) is -0.00161. The minimum Gasteiger partial charge on any atom is -0.375 e. The predicted molar refractivity (Wildman–Crippen MR) is 84.8 cm³/mol. The Hall–Kier alpha value is -1.93. The Morgan fingerprint density at radius 3 is 2.91 bits per heavy atom. The number of benzene rings is 1. The fourth-order valence-corrected chi connectivity index (χ4v) is 4.00. The molecule has 2 aliphatic rings. The van der Waals surface area contributed by atoms with E-state index in [2.05, 4.69) is 9.71 Å². The maximum atomic E-state index is 12.5. The van der Waals surface area contributed by atoms with Crippen LogP contribution in [0.4, 0.5) is 0 Å². The van der Waals surface area contributed by atoms with E-state index >= 15 is 0 Å². The van der Waals surface area contributed by atoms with Crippen molar-refractivity contribution in [2.45, 2.75) is 30.9 Å². The highest BCUT2D eigenvalue weighted by atomic mass is 32.2. The van der Waals surface area contributed by atoms with Crippen LogP contribution in [-0.2, 0) is 19.6 Å². The van der Waals surface area contributed by atoms with Crippen molar-refractivity contribution in [3.8, 4) is 0 Å². The minimum atomic E-state index is -3.59. The van der Waals surface area contributed by atoms with E-state index in [0.717, 1.165) is 0 Å². The molecule has 0 bridgehead atoms. The molecule has 124 valence electrons. The number of ether oxygens (including phenoxy) is 1. The van der Waals surface area contributed by atoms with Crippen molar-refractivity contribution in [2.24, 2.45) is 4.99 Å². The summed E-state index contributed by atoms with van der Waals surface area (Å²) >= 11 is 0. The third kappa shape index (κ3) is 3.09. The summed E-state index contributed by atoms with van der Waals surface area (Å²) < 4.78 is 32.0. The third-order valence-electron chi connectivity index (χ3n) is 3.90. The standard InChI is InChI=1S/C15H19N3O4S/c1-10-9-18(7-8-22-10)15(19)11(2)16-14-12-5-3-4-6-13(12)23(20,21)17-14/h3-6,10-11H,7-9H2,1-2H3,(H,16,17). The molecule has 8 heteroatoms. The molecule has 1 saturated heterocycles. The van der Waals surface area contributed by atoms with Crippen LogP contribution in [0.15, 0.2) is 34.2 Å². The van der Waals surface area contributed by atoms with Gasteiger partial charge in [0.15, 0.2) is 0 Å². The van der Waals surface area contributed by atoms with Gasteiger partial charge in [0, 0.05) is 18.7 Å². The lowest BCUT2D eigenvalue weighted by atomic mass is 10.2. The van der Waals surface area contributed by atoms with Crippen molar-refractivity contribution in [1.82, 2.24) is 9.62 Å². The number of rotatable bonds is 2. The number of amides is 1. The first-order valence-electron chi connectivity index (χ1n) is 7.49. The fraction of sp³-hybridized carbons (Fsp3) is 0.467. The summed E-state index contributed by atoms with van der Waals surface area (Å²) in [6, 6.07) is 5.94. The molecule has 0 aromatic heterocycles. The molecule has 7 nitrogen and oxygen atoms in total. The molecule has 23 heavy (non-hydrogen) atoms. The molecule has 3 rings (SSSR count). The van der Waals surface area contributed by atoms with Gasteiger partial charge in [-0.25, -0.2) is 8.42 Å². The van der Waals surface area contributed by atoms with E-state index in [-0.39, 0.29) is 22.7 Å². The number of carbonyl (C=O) groups excluding carboxylic acids is 1. The smallest absolute Gasteiger partial charge is 0.263 e. The number of carbonyl (C=O) groups is 1. The molecular weight excluding hydrogens is 318 g/mol. The molecule has 2 unspecified atom stereocenters. The number of hydrogen-bond donors (Lipinski definition) is 1. The van der Waals surface area contributed by atoms with E-state index < -0.39 is 16.1 Å². The molecule has 2 heterocycles. The molecule has 2 aliphatic heterocycles. The van der Waals surface area contributed by atoms with E-state index in [1.807, 2.05) is 6.92 Å². The van der Waals surface area contributed by atoms with Gasteiger partial charge in [-0.1, -0.05) is 12.1 Å². The highest BCUT2D eigenvalue weighted by Crippen LogP contribution is 2.22. The highest BCUT2D eigenvalue weighted by Gasteiger charge is 2.32. The van der Waals surface area contributed by atoms with Gasteiger partial charge in [-0.15, -0.1) is 0 Å². The van der Waals surface area contributed by atoms with Crippen molar-refractivity contribution >= 4 is 21.8 Å². The van der Waals surface area contributed by atoms with E-state index in [4.69, 9.17) is 4.74 Å². The minimum absolute atomic E-state index is 0.00161. The number of nitrogens with zero attached hydrogens (tertiary/aromatic N) is 2. The lowest BCUT2D eigenvalue weighted by Crippen LogP contribution is -2.47. The Balaban J connectivity index is 1.83. The van der Waals surface area contributed by atoms with Crippen molar-refractivity contribution in [3.63, 3.8) is 0 Å². The summed E-state index contributed by atoms with van der Waals surface area (Å²) in [5.74, 6) is 0.0963. The molecule has 2 atom stereocenters. The number of morpholine rings is 1. The molecule has 1 N–H and O–H groups in total. The Morgan fingerprint density at radius 1 is 1.43 bits per heavy atom. The molecule has 0 radical (unpaired) electrons. The lowest BCUT2D eigenvalue weighted by molar-refractivity contribution is -0.139. The number of hydrogen-bond acceptors (Lipinski definition) is 5. The largest absolute Gasteiger partial charge is 0.375 e. The Kier molecular flexibility index (Phi) is 4.11. The lowest BCUT2D eigenvalue weighted by Gasteiger charge is -2.32. The van der Waals surface area contributed by atoms with Crippen LogP contribution in [0.5, 0.6) is 0 Å². The molecule has 1 amide bonds. The second kappa shape index (κ2) is 5.93. The molecule has 0 saturated carbocycles. The first kappa shape index (κ1) is 15.9. The SMILES string of the molecule is CC1CN(C(=O)C(C)N=C2NS(=O)(=O)c3ccccc32)CCO1. The van der Waals surface area contributed by atoms with Crippen LogP contribution in [0.2, 0.25) is 0 Å². The average molecular weight is 337 g/mol. The highest BCUT2D eigenvalue weighted by molar-refractivity contribution is 7.90. The first-order valence-corrected chi connectivity index (χ1v) is 8.97. The molecule has 1 aromatic carbocycles. The van der Waals surface area contributed by atoms with Crippen molar-refractivity contribution < 1.29 is 17.9 Å². The van der Waals surface area contributed by atoms with Crippen molar-refractivity contribution in [2.75, 3.05) is 19.7 Å². The van der Waals surface area contributed by atoms with Gasteiger partial charge >= 0.3 is 0 Å². The van der Waals surface area contributed by atoms with Gasteiger partial charge in [0.2, 0.25) is 5.91 Å². The summed E-state index contributed by atoms with van der Waals surface area (Å²) in [6.45, 7) is 5.14. The zero-order valence-corrected chi connectivity index (χ0v) is 13.8. The van der Waals surface area contributed by atoms with Crippen molar-refractivity contribution in [1.29, 1.82) is 0 Å². The van der Waals surface area contributed by atoms with Crippen LogP contribution in [0.25, 0.3) is 0 Å². The van der Waals surface area contributed by atoms with Gasteiger partial charge < -0.3 is 9.64 Å². The van der Waals surface area contributed by atoms with E-state index in [1.54, 1.807) is 30.0 Å². The average Bonchev–Trinajstić information content (AvgIpc) is 2.78. The third-order valence-corrected chi connectivity index (χ3v) is 5.29. The topological polar surface area (TPSA) is 88.1 Å². The Bertz CT molecular complexity index is 760. The molecule has 0 spiro atoms. The predicted octanol–water partition coefficient (Wildman–Crippen LogP) is 0.361. The van der Waals surface area contributed by atoms with Gasteiger partial charge in [-0.05, 0) is 26.0 Å². The quantitative estimate of drug-likeness (QED) is 0.844. The normalized spacial score (nSPS) is 25.7. The van der Waals surface area contributed by atoms with Crippen LogP contribution in [0, 0.1) is 0 Å². The monoisotopic (exact) mass is 337 g/mol. The van der Waals surface area contributed by atoms with E-state index in [9.17, 15) is 13.2 Å². The summed E-state index contributed by atoms with van der Waals surface area (Å²) in [5.41, 5.74) is 0.502. The zero-order chi connectivity index (χ0) is 16.6. The number of amidine groups is 1. The Labute approximate surface area is 135 Å². The van der Waals surface area contributed by atoms with Crippen LogP contribution in [0.3, 0.4) is 0 Å². The molecular formula is C15H19N3O4S. The van der Waals surface area contributed by atoms with Gasteiger partial charge in [0.25, 0.3) is 10.0 Å². The second-order valence-corrected chi connectivity index (χ2v) is 7.37. The van der Waals surface area contributed by atoms with Crippen LogP contribution < -0.4 is 4.72 Å². The molecule has 0 aliphatic carbocycles. The fourth-order valence-electron chi connectivity index (χ4n) is 2.76. The number of nitrogens with one attached hydrogen (secondary N) is 1. The van der Waals surface area contributed by atoms with Gasteiger partial charge in [-0.2, -0.15) is 0 Å². The molecule has 1 fully saturated rings. The molecule has 1 aromatic rings. The van der Waals surface area contributed by atoms with Crippen LogP contribution >= 0.6 is 0 Å². The van der Waals surface area contributed by atoms with E-state index in [0.29, 0.717) is 25.3 Å². The first-order chi connectivity index (χ1) is 10.9. The maximum Gasteiger partial charge on any atom is 0.263 e. The van der Waals surface area contributed by atoms with Crippen molar-refractivity contribution in [3.05, 3.63) is 29.8 Å². The second-order valence-electron chi connectivity index (χ2n) is 5.72. The van der Waals surface area contributed by atoms with Crippen LogP contribution in [0.1, 0.15) is 19.4 Å². The van der Waals surface area contributed by atoms with Gasteiger partial charge in [0.1, 0.15) is 11.9 Å². The van der Waals surface area contributed by atoms with Gasteiger partial charge in [-0.3, -0.25) is 14.5 Å². The summed E-state index contributed by atoms with van der Waals surface area (Å²) in [5, 5.41) is 0. The summed E-state index contributed by atoms with van der Waals surface area (Å²) in [4.78, 5) is 18.7. The number of sulfonamides is 1. The number of fused-ring (bicyclic) bond motifs is 1. The summed E-state index contributed by atoms with van der Waals surface area (Å²) in [7, 11) is -3.59. The zero-order valence-electron chi connectivity index (χ0n) is 13.0. The van der Waals surface area contributed by atoms with E-state index in [1.165, 1.54) is 6.07 Å². The van der Waals surface area contributed by atoms with Gasteiger partial charge in [0.05, 0.1) is 17.6 Å². The maximum absolute atomic E-state index is 12.5.